The van der Waals surface area contributed by atoms with Crippen LogP contribution in [-0.4, -0.2) is 45.9 Å². The molecule has 4 heteroatoms. The van der Waals surface area contributed by atoms with Crippen LogP contribution in [0.1, 0.15) is 6.92 Å². The van der Waals surface area contributed by atoms with E-state index in [1.807, 2.05) is 0 Å². The minimum Gasteiger partial charge on any atom is -0.394 e. The Hall–Kier alpha value is -0.450. The fourth-order valence-corrected chi connectivity index (χ4v) is 1.02. The van der Waals surface area contributed by atoms with Crippen molar-refractivity contribution >= 4 is 5.71 Å². The quantitative estimate of drug-likeness (QED) is 0.422. The topological polar surface area (TPSA) is 73.1 Å². The fraction of sp³-hybridized carbons (Fsp3) is 0.833. The summed E-state index contributed by atoms with van der Waals surface area (Å²) >= 11 is 0. The Kier molecular flexibility index (Phi) is 2.03. The normalized spacial score (nSPS) is 40.0. The van der Waals surface area contributed by atoms with E-state index in [9.17, 15) is 0 Å². The van der Waals surface area contributed by atoms with E-state index in [2.05, 4.69) is 4.99 Å². The molecule has 3 N–H and O–H groups in total. The lowest BCUT2D eigenvalue weighted by atomic mass is 10.1. The second kappa shape index (κ2) is 2.65. The molecular weight excluding hydrogens is 134 g/mol. The van der Waals surface area contributed by atoms with Gasteiger partial charge in [0.25, 0.3) is 0 Å². The summed E-state index contributed by atoms with van der Waals surface area (Å²) in [5.41, 5.74) is 0.492. The Balaban J connectivity index is 2.66. The third-order valence-corrected chi connectivity index (χ3v) is 1.70. The molecule has 0 amide bonds. The summed E-state index contributed by atoms with van der Waals surface area (Å²) in [4.78, 5) is 3.84. The van der Waals surface area contributed by atoms with Gasteiger partial charge in [-0.15, -0.1) is 0 Å². The van der Waals surface area contributed by atoms with E-state index in [4.69, 9.17) is 15.3 Å². The van der Waals surface area contributed by atoms with Gasteiger partial charge in [0.1, 0.15) is 18.2 Å². The predicted octanol–water partition coefficient (Wildman–Crippen LogP) is -1.46. The minimum absolute atomic E-state index is 0.213. The first-order valence-corrected chi connectivity index (χ1v) is 3.18. The van der Waals surface area contributed by atoms with Crippen molar-refractivity contribution in [2.75, 3.05) is 6.61 Å². The lowest BCUT2D eigenvalue weighted by Gasteiger charge is -2.11. The molecule has 58 valence electrons. The molecular formula is C6H11NO3. The van der Waals surface area contributed by atoms with Gasteiger partial charge in [-0.3, -0.25) is 4.99 Å². The van der Waals surface area contributed by atoms with Gasteiger partial charge in [0.15, 0.2) is 0 Å². The molecule has 0 bridgehead atoms. The van der Waals surface area contributed by atoms with Crippen LogP contribution in [0, 0.1) is 0 Å². The van der Waals surface area contributed by atoms with Crippen molar-refractivity contribution in [3.8, 4) is 0 Å². The summed E-state index contributed by atoms with van der Waals surface area (Å²) in [6.45, 7) is 1.42. The Morgan fingerprint density at radius 1 is 1.50 bits per heavy atom. The monoisotopic (exact) mass is 145 g/mol. The molecule has 4 nitrogen and oxygen atoms in total. The molecule has 1 aliphatic heterocycles. The van der Waals surface area contributed by atoms with Crippen LogP contribution < -0.4 is 0 Å². The smallest absolute Gasteiger partial charge is 0.119 e. The Bertz CT molecular complexity index is 157. The first-order chi connectivity index (χ1) is 4.66. The molecule has 1 heterocycles. The Morgan fingerprint density at radius 2 is 2.10 bits per heavy atom. The summed E-state index contributed by atoms with van der Waals surface area (Å²) in [5, 5.41) is 26.8. The van der Waals surface area contributed by atoms with Crippen LogP contribution in [-0.2, 0) is 0 Å². The third kappa shape index (κ3) is 1.05. The fourth-order valence-electron chi connectivity index (χ4n) is 1.02. The van der Waals surface area contributed by atoms with Gasteiger partial charge in [0.2, 0.25) is 0 Å². The van der Waals surface area contributed by atoms with Crippen LogP contribution >= 0.6 is 0 Å². The first-order valence-electron chi connectivity index (χ1n) is 3.18. The summed E-state index contributed by atoms with van der Waals surface area (Å²) in [7, 11) is 0. The van der Waals surface area contributed by atoms with Crippen LogP contribution in [0.3, 0.4) is 0 Å². The van der Waals surface area contributed by atoms with Crippen LogP contribution in [0.15, 0.2) is 4.99 Å². The Labute approximate surface area is 58.8 Å². The molecule has 0 saturated heterocycles. The number of aliphatic hydroxyl groups is 3. The maximum atomic E-state index is 9.10. The van der Waals surface area contributed by atoms with Gasteiger partial charge in [0.05, 0.1) is 6.61 Å². The highest BCUT2D eigenvalue weighted by molar-refractivity contribution is 5.88. The lowest BCUT2D eigenvalue weighted by Crippen LogP contribution is -2.34. The maximum absolute atomic E-state index is 9.10. The lowest BCUT2D eigenvalue weighted by molar-refractivity contribution is 0.0405. The zero-order valence-electron chi connectivity index (χ0n) is 5.73. The molecule has 0 aliphatic carbocycles. The highest BCUT2D eigenvalue weighted by Gasteiger charge is 2.33. The largest absolute Gasteiger partial charge is 0.394 e. The third-order valence-electron chi connectivity index (χ3n) is 1.70. The minimum atomic E-state index is -0.926. The van der Waals surface area contributed by atoms with Gasteiger partial charge in [-0.05, 0) is 6.92 Å². The van der Waals surface area contributed by atoms with E-state index in [1.165, 1.54) is 0 Å². The van der Waals surface area contributed by atoms with Crippen molar-refractivity contribution in [2.24, 2.45) is 4.99 Å². The maximum Gasteiger partial charge on any atom is 0.119 e. The molecule has 0 saturated carbocycles. The molecule has 0 aromatic heterocycles. The van der Waals surface area contributed by atoms with Crippen molar-refractivity contribution in [3.63, 3.8) is 0 Å². The van der Waals surface area contributed by atoms with E-state index < -0.39 is 18.2 Å². The Morgan fingerprint density at radius 3 is 2.30 bits per heavy atom. The molecule has 3 atom stereocenters. The standard InChI is InChI=1S/C6H11NO3/c1-3-5(9)6(10)4(2-8)7-3/h4-6,8-10H,2H2,1H3/t4-,5+,6+/m0/s1. The number of aliphatic hydroxyl groups excluding tert-OH is 3. The van der Waals surface area contributed by atoms with Gasteiger partial charge in [-0.25, -0.2) is 0 Å². The van der Waals surface area contributed by atoms with Gasteiger partial charge >= 0.3 is 0 Å². The summed E-state index contributed by atoms with van der Waals surface area (Å²) in [6, 6.07) is -0.532. The van der Waals surface area contributed by atoms with E-state index >= 15 is 0 Å². The molecule has 10 heavy (non-hydrogen) atoms. The molecule has 0 unspecified atom stereocenters. The summed E-state index contributed by atoms with van der Waals surface area (Å²) < 4.78 is 0. The molecule has 1 rings (SSSR count). The summed E-state index contributed by atoms with van der Waals surface area (Å²) in [5.74, 6) is 0. The average molecular weight is 145 g/mol. The number of aliphatic imine (C=N–C) groups is 1. The second-order valence-electron chi connectivity index (χ2n) is 2.46. The van der Waals surface area contributed by atoms with Gasteiger partial charge in [-0.1, -0.05) is 0 Å². The first kappa shape index (κ1) is 7.65. The number of rotatable bonds is 1. The van der Waals surface area contributed by atoms with Crippen molar-refractivity contribution in [2.45, 2.75) is 25.2 Å². The molecule has 0 radical (unpaired) electrons. The SMILES string of the molecule is CC1=N[C@@H](CO)[C@@H](O)[C@@H]1O. The van der Waals surface area contributed by atoms with Crippen molar-refractivity contribution in [3.05, 3.63) is 0 Å². The van der Waals surface area contributed by atoms with Gasteiger partial charge < -0.3 is 15.3 Å². The number of hydrogen-bond acceptors (Lipinski definition) is 4. The highest BCUT2D eigenvalue weighted by atomic mass is 16.3. The van der Waals surface area contributed by atoms with Gasteiger partial charge in [0, 0.05) is 5.71 Å². The zero-order chi connectivity index (χ0) is 7.72. The summed E-state index contributed by atoms with van der Waals surface area (Å²) in [6.07, 6.45) is -1.82. The van der Waals surface area contributed by atoms with Crippen LogP contribution in [0.5, 0.6) is 0 Å². The predicted molar refractivity (Wildman–Crippen MR) is 36.0 cm³/mol. The molecule has 0 aromatic rings. The van der Waals surface area contributed by atoms with Gasteiger partial charge in [-0.2, -0.15) is 0 Å². The van der Waals surface area contributed by atoms with E-state index in [1.54, 1.807) is 6.92 Å². The number of hydrogen-bond donors (Lipinski definition) is 3. The molecule has 0 fully saturated rings. The van der Waals surface area contributed by atoms with E-state index in [0.29, 0.717) is 5.71 Å². The molecule has 0 aromatic carbocycles. The zero-order valence-corrected chi connectivity index (χ0v) is 5.73. The van der Waals surface area contributed by atoms with Crippen LogP contribution in [0.25, 0.3) is 0 Å². The highest BCUT2D eigenvalue weighted by Crippen LogP contribution is 2.13. The molecule has 0 spiro atoms. The van der Waals surface area contributed by atoms with E-state index in [0.717, 1.165) is 0 Å². The average Bonchev–Trinajstić information content (AvgIpc) is 2.17. The number of nitrogens with zero attached hydrogens (tertiary/aromatic N) is 1. The van der Waals surface area contributed by atoms with Crippen molar-refractivity contribution in [1.29, 1.82) is 0 Å². The van der Waals surface area contributed by atoms with Crippen LogP contribution in [0.4, 0.5) is 0 Å². The van der Waals surface area contributed by atoms with Crippen molar-refractivity contribution in [1.82, 2.24) is 0 Å². The second-order valence-corrected chi connectivity index (χ2v) is 2.46. The van der Waals surface area contributed by atoms with E-state index in [-0.39, 0.29) is 6.61 Å². The van der Waals surface area contributed by atoms with Crippen LogP contribution in [0.2, 0.25) is 0 Å². The van der Waals surface area contributed by atoms with Crippen molar-refractivity contribution < 1.29 is 15.3 Å². The molecule has 1 aliphatic rings.